The Balaban J connectivity index is 1.76. The summed E-state index contributed by atoms with van der Waals surface area (Å²) in [6.07, 6.45) is 2.59. The Morgan fingerprint density at radius 2 is 1.86 bits per heavy atom. The van der Waals surface area contributed by atoms with Crippen molar-refractivity contribution in [3.63, 3.8) is 0 Å². The Morgan fingerprint density at radius 3 is 2.41 bits per heavy atom. The van der Waals surface area contributed by atoms with Crippen molar-refractivity contribution in [1.29, 1.82) is 0 Å². The number of hydrogen-bond acceptors (Lipinski definition) is 10. The molecule has 2 heterocycles. The molecule has 1 fully saturated rings. The molecule has 1 aliphatic heterocycles. The van der Waals surface area contributed by atoms with Crippen LogP contribution in [0.4, 0.5) is 5.82 Å². The quantitative estimate of drug-likeness (QED) is 0.223. The molecule has 1 saturated heterocycles. The molecule has 5 unspecified atom stereocenters. The van der Waals surface area contributed by atoms with Crippen LogP contribution in [0.25, 0.3) is 0 Å². The molecule has 3 N–H and O–H groups in total. The van der Waals surface area contributed by atoms with Crippen LogP contribution in [0.1, 0.15) is 18.2 Å². The second kappa shape index (κ2) is 12.8. The number of hydrogen-bond donors (Lipinski definition) is 3. The van der Waals surface area contributed by atoms with Crippen LogP contribution in [0.3, 0.4) is 0 Å². The fourth-order valence-corrected chi connectivity index (χ4v) is 4.30. The summed E-state index contributed by atoms with van der Waals surface area (Å²) in [4.78, 5) is 51.4. The van der Waals surface area contributed by atoms with Crippen LogP contribution in [0.2, 0.25) is 0 Å². The number of anilines is 1. The molecular weight excluding hydrogens is 500 g/mol. The molecule has 1 aromatic heterocycles. The summed E-state index contributed by atoms with van der Waals surface area (Å²) in [6, 6.07) is 7.81. The molecule has 0 bridgehead atoms. The van der Waals surface area contributed by atoms with Gasteiger partial charge in [0.05, 0.1) is 24.5 Å². The van der Waals surface area contributed by atoms with E-state index in [-0.39, 0.29) is 31.2 Å². The van der Waals surface area contributed by atoms with Gasteiger partial charge in [0.15, 0.2) is 11.6 Å². The summed E-state index contributed by atoms with van der Waals surface area (Å²) < 4.78 is 15.5. The van der Waals surface area contributed by atoms with E-state index in [1.165, 1.54) is 18.9 Å². The number of aryl methyl sites for hydroxylation is 1. The maximum atomic E-state index is 13.3. The molecular formula is C25H32N4O7S. The maximum Gasteiger partial charge on any atom is 0.245 e. The molecule has 0 spiro atoms. The Kier molecular flexibility index (Phi) is 9.84. The van der Waals surface area contributed by atoms with Gasteiger partial charge in [0, 0.05) is 13.2 Å². The lowest BCUT2D eigenvalue weighted by molar-refractivity contribution is -0.134. The highest BCUT2D eigenvalue weighted by Gasteiger charge is 2.50. The van der Waals surface area contributed by atoms with E-state index in [9.17, 15) is 19.2 Å². The highest BCUT2D eigenvalue weighted by atomic mass is 32.2. The monoisotopic (exact) mass is 532 g/mol. The van der Waals surface area contributed by atoms with Gasteiger partial charge in [-0.05, 0) is 32.1 Å². The molecule has 1 aromatic carbocycles. The number of carbonyl (C=O) groups is 4. The van der Waals surface area contributed by atoms with Gasteiger partial charge >= 0.3 is 0 Å². The van der Waals surface area contributed by atoms with Gasteiger partial charge in [-0.1, -0.05) is 35.5 Å². The minimum absolute atomic E-state index is 0.154. The third-order valence-corrected chi connectivity index (χ3v) is 6.86. The number of amides is 2. The zero-order valence-electron chi connectivity index (χ0n) is 21.2. The summed E-state index contributed by atoms with van der Waals surface area (Å²) >= 11 is 1.17. The minimum atomic E-state index is -1.13. The second-order valence-corrected chi connectivity index (χ2v) is 9.95. The number of thioether (sulfide) groups is 1. The third-order valence-electron chi connectivity index (χ3n) is 5.93. The molecule has 200 valence electrons. The van der Waals surface area contributed by atoms with E-state index < -0.39 is 40.8 Å². The molecule has 3 rings (SSSR count). The Hall–Kier alpha value is -3.22. The standard InChI is InChI=1S/C25H32N4O7S/c1-15-10-20(29-36-15)28-21(19(12-30)37-4)24(33)27-18(13-34-3)23(32)26-17(22(31)25(2)14-35-25)11-16-8-6-5-7-9-16/h5-10,12,17-19,21H,11,13-14H2,1-4H3,(H,26,32)(H,27,33)(H,28,29). The van der Waals surface area contributed by atoms with Gasteiger partial charge in [0.25, 0.3) is 0 Å². The van der Waals surface area contributed by atoms with Crippen LogP contribution in [0, 0.1) is 6.92 Å². The molecule has 12 heteroatoms. The van der Waals surface area contributed by atoms with Gasteiger partial charge < -0.3 is 34.7 Å². The number of nitrogens with one attached hydrogen (secondary N) is 3. The normalized spacial score (nSPS) is 19.7. The second-order valence-electron chi connectivity index (χ2n) is 8.93. The topological polar surface area (TPSA) is 152 Å². The molecule has 11 nitrogen and oxygen atoms in total. The van der Waals surface area contributed by atoms with Crippen molar-refractivity contribution in [2.75, 3.05) is 31.9 Å². The van der Waals surface area contributed by atoms with Crippen molar-refractivity contribution in [1.82, 2.24) is 15.8 Å². The number of rotatable bonds is 15. The number of aromatic nitrogens is 1. The molecule has 0 aliphatic carbocycles. The van der Waals surface area contributed by atoms with Crippen molar-refractivity contribution < 1.29 is 33.2 Å². The van der Waals surface area contributed by atoms with E-state index in [0.29, 0.717) is 12.0 Å². The van der Waals surface area contributed by atoms with Crippen LogP contribution in [-0.2, 0) is 35.1 Å². The average molecular weight is 533 g/mol. The highest BCUT2D eigenvalue weighted by molar-refractivity contribution is 7.99. The van der Waals surface area contributed by atoms with Crippen LogP contribution in [0.15, 0.2) is 40.9 Å². The number of ether oxygens (including phenoxy) is 2. The van der Waals surface area contributed by atoms with Crippen LogP contribution >= 0.6 is 11.8 Å². The highest BCUT2D eigenvalue weighted by Crippen LogP contribution is 2.29. The number of nitrogens with zero attached hydrogens (tertiary/aromatic N) is 1. The Bertz CT molecular complexity index is 1090. The predicted molar refractivity (Wildman–Crippen MR) is 137 cm³/mol. The van der Waals surface area contributed by atoms with Crippen molar-refractivity contribution in [3.05, 3.63) is 47.7 Å². The fraction of sp³-hybridized carbons (Fsp3) is 0.480. The van der Waals surface area contributed by atoms with Crippen molar-refractivity contribution in [3.8, 4) is 0 Å². The number of methoxy groups -OCH3 is 1. The van der Waals surface area contributed by atoms with Gasteiger partial charge in [-0.2, -0.15) is 11.8 Å². The summed E-state index contributed by atoms with van der Waals surface area (Å²) in [5, 5.41) is 11.4. The van der Waals surface area contributed by atoms with Gasteiger partial charge in [0.2, 0.25) is 11.8 Å². The average Bonchev–Trinajstić information content (AvgIpc) is 3.51. The van der Waals surface area contributed by atoms with E-state index in [1.807, 2.05) is 30.3 Å². The lowest BCUT2D eigenvalue weighted by atomic mass is 9.94. The first-order valence-electron chi connectivity index (χ1n) is 11.7. The van der Waals surface area contributed by atoms with Crippen molar-refractivity contribution in [2.24, 2.45) is 0 Å². The van der Waals surface area contributed by atoms with Gasteiger partial charge in [-0.3, -0.25) is 14.4 Å². The lowest BCUT2D eigenvalue weighted by Gasteiger charge is -2.26. The summed E-state index contributed by atoms with van der Waals surface area (Å²) in [6.45, 7) is 3.50. The van der Waals surface area contributed by atoms with Crippen LogP contribution in [0.5, 0.6) is 0 Å². The van der Waals surface area contributed by atoms with Gasteiger partial charge in [0.1, 0.15) is 29.7 Å². The molecule has 2 amide bonds. The fourth-order valence-electron chi connectivity index (χ4n) is 3.72. The molecule has 0 saturated carbocycles. The Labute approximate surface area is 219 Å². The molecule has 0 radical (unpaired) electrons. The van der Waals surface area contributed by atoms with Crippen molar-refractivity contribution in [2.45, 2.75) is 49.2 Å². The number of epoxide rings is 1. The SMILES string of the molecule is COCC(NC(=O)C(Nc1cc(C)on1)C(C=O)SC)C(=O)NC(Cc1ccccc1)C(=O)C1(C)CO1. The van der Waals surface area contributed by atoms with Crippen molar-refractivity contribution >= 4 is 41.5 Å². The van der Waals surface area contributed by atoms with E-state index >= 15 is 0 Å². The number of benzene rings is 1. The number of carbonyl (C=O) groups excluding carboxylic acids is 4. The van der Waals surface area contributed by atoms with E-state index in [4.69, 9.17) is 14.0 Å². The first-order valence-corrected chi connectivity index (χ1v) is 13.0. The number of ketones is 1. The zero-order chi connectivity index (χ0) is 27.0. The third kappa shape index (κ3) is 7.63. The molecule has 2 aromatic rings. The maximum absolute atomic E-state index is 13.3. The van der Waals surface area contributed by atoms with Gasteiger partial charge in [-0.15, -0.1) is 0 Å². The summed E-state index contributed by atoms with van der Waals surface area (Å²) in [5.74, 6) is -0.675. The summed E-state index contributed by atoms with van der Waals surface area (Å²) in [7, 11) is 1.39. The number of aldehydes is 1. The van der Waals surface area contributed by atoms with E-state index in [2.05, 4.69) is 21.1 Å². The predicted octanol–water partition coefficient (Wildman–Crippen LogP) is 0.911. The minimum Gasteiger partial charge on any atom is -0.382 e. The molecule has 1 aliphatic rings. The lowest BCUT2D eigenvalue weighted by Crippen LogP contribution is -2.58. The molecule has 5 atom stereocenters. The van der Waals surface area contributed by atoms with Crippen LogP contribution in [-0.4, -0.2) is 84.6 Å². The Morgan fingerprint density at radius 1 is 1.19 bits per heavy atom. The van der Waals surface area contributed by atoms with Gasteiger partial charge in [-0.25, -0.2) is 0 Å². The summed E-state index contributed by atoms with van der Waals surface area (Å²) in [5.41, 5.74) is -0.0915. The zero-order valence-corrected chi connectivity index (χ0v) is 22.0. The largest absolute Gasteiger partial charge is 0.382 e. The number of Topliss-reactive ketones (excluding diaryl/α,β-unsaturated/α-hetero) is 1. The smallest absolute Gasteiger partial charge is 0.245 e. The van der Waals surface area contributed by atoms with E-state index in [0.717, 1.165) is 5.56 Å². The first-order chi connectivity index (χ1) is 17.7. The molecule has 37 heavy (non-hydrogen) atoms. The van der Waals surface area contributed by atoms with E-state index in [1.54, 1.807) is 26.2 Å². The first kappa shape index (κ1) is 28.4. The van der Waals surface area contributed by atoms with Crippen LogP contribution < -0.4 is 16.0 Å².